The molecule has 5 rings (SSSR count). The number of nitrogens with zero attached hydrogens (tertiary/aromatic N) is 6. The smallest absolute Gasteiger partial charge is 0.393 e. The van der Waals surface area contributed by atoms with Gasteiger partial charge >= 0.3 is 12.2 Å². The number of carbonyl (C=O) groups excluding carboxylic acids is 1. The molecule has 0 N–H and O–H groups in total. The number of hydrogen-bond acceptors (Lipinski definition) is 8. The van der Waals surface area contributed by atoms with Crippen LogP contribution in [0.4, 0.5) is 19.0 Å². The number of fused-ring (bicyclic) bond motifs is 1. The lowest BCUT2D eigenvalue weighted by molar-refractivity contribution is -0.187. The first kappa shape index (κ1) is 31.3. The molecule has 2 aromatic rings. The number of alkyl halides is 3. The normalized spacial score (nSPS) is 22.0. The lowest BCUT2D eigenvalue weighted by Gasteiger charge is -2.44. The standard InChI is InChI=1S/C30H38ClF3N6O3/c1-5-27(41)40-13-12-39(17-25(40)19(2)30(32,33)34)28-22-15-38(14-21-23(31)9-6-10-26(21)42-4)16-24(22)35-29(36-28)43-18-20-8-7-11-37(20)3/h5-6,9-10,19-20,25H,1,7-8,11-18H2,2-4H3/t19-,20+,25?/m1/s1. The Balaban J connectivity index is 1.46. The number of likely N-dealkylation sites (tertiary alicyclic amines) is 1. The molecule has 0 bridgehead atoms. The molecule has 3 aliphatic heterocycles. The Hall–Kier alpha value is -3.09. The molecular formula is C30H38ClF3N6O3. The summed E-state index contributed by atoms with van der Waals surface area (Å²) in [5, 5.41) is 0.582. The Bertz CT molecular complexity index is 1340. The van der Waals surface area contributed by atoms with Crippen molar-refractivity contribution in [2.24, 2.45) is 5.92 Å². The highest BCUT2D eigenvalue weighted by Crippen LogP contribution is 2.38. The molecule has 1 aromatic heterocycles. The maximum Gasteiger partial charge on any atom is 0.393 e. The number of piperazine rings is 1. The van der Waals surface area contributed by atoms with E-state index in [1.807, 2.05) is 23.1 Å². The summed E-state index contributed by atoms with van der Waals surface area (Å²) in [6, 6.07) is 4.84. The number of hydrogen-bond donors (Lipinski definition) is 0. The van der Waals surface area contributed by atoms with Gasteiger partial charge in [0.05, 0.1) is 24.8 Å². The van der Waals surface area contributed by atoms with Gasteiger partial charge in [0, 0.05) is 61.5 Å². The second kappa shape index (κ2) is 12.9. The van der Waals surface area contributed by atoms with Crippen LogP contribution in [0.5, 0.6) is 11.8 Å². The highest BCUT2D eigenvalue weighted by Gasteiger charge is 2.47. The van der Waals surface area contributed by atoms with Gasteiger partial charge in [-0.1, -0.05) is 31.2 Å². The quantitative estimate of drug-likeness (QED) is 0.378. The molecule has 2 saturated heterocycles. The Morgan fingerprint density at radius 2 is 2.02 bits per heavy atom. The average molecular weight is 623 g/mol. The van der Waals surface area contributed by atoms with Crippen LogP contribution in [0.2, 0.25) is 5.02 Å². The van der Waals surface area contributed by atoms with Crippen molar-refractivity contribution in [1.29, 1.82) is 0 Å². The van der Waals surface area contributed by atoms with Crippen molar-refractivity contribution in [3.63, 3.8) is 0 Å². The lowest BCUT2D eigenvalue weighted by Crippen LogP contribution is -2.59. The minimum absolute atomic E-state index is 0.0349. The number of rotatable bonds is 9. The van der Waals surface area contributed by atoms with Gasteiger partial charge in [-0.25, -0.2) is 0 Å². The van der Waals surface area contributed by atoms with Crippen molar-refractivity contribution in [2.75, 3.05) is 51.8 Å². The van der Waals surface area contributed by atoms with E-state index in [1.54, 1.807) is 7.11 Å². The van der Waals surface area contributed by atoms with E-state index < -0.39 is 24.0 Å². The first-order valence-corrected chi connectivity index (χ1v) is 14.9. The molecule has 0 saturated carbocycles. The van der Waals surface area contributed by atoms with Crippen LogP contribution < -0.4 is 14.4 Å². The number of aromatic nitrogens is 2. The number of ether oxygens (including phenoxy) is 2. The number of methoxy groups -OCH3 is 1. The Morgan fingerprint density at radius 1 is 1.23 bits per heavy atom. The topological polar surface area (TPSA) is 74.3 Å². The first-order chi connectivity index (χ1) is 20.5. The average Bonchev–Trinajstić information content (AvgIpc) is 3.59. The molecule has 0 aliphatic carbocycles. The van der Waals surface area contributed by atoms with Crippen LogP contribution in [0.25, 0.3) is 0 Å². The fraction of sp³-hybridized carbons (Fsp3) is 0.567. The zero-order valence-corrected chi connectivity index (χ0v) is 25.5. The zero-order valence-electron chi connectivity index (χ0n) is 24.7. The minimum Gasteiger partial charge on any atom is -0.496 e. The molecular weight excluding hydrogens is 585 g/mol. The molecule has 1 amide bonds. The predicted octanol–water partition coefficient (Wildman–Crippen LogP) is 4.53. The molecule has 234 valence electrons. The summed E-state index contributed by atoms with van der Waals surface area (Å²) in [4.78, 5) is 29.6. The van der Waals surface area contributed by atoms with E-state index in [9.17, 15) is 18.0 Å². The highest BCUT2D eigenvalue weighted by atomic mass is 35.5. The molecule has 0 spiro atoms. The minimum atomic E-state index is -4.48. The number of amides is 1. The maximum atomic E-state index is 14.0. The SMILES string of the molecule is C=CC(=O)N1CCN(c2nc(OC[C@@H]3CCCN3C)nc3c2CN(Cc2c(Cl)cccc2OC)C3)CC1[C@@H](C)C(F)(F)F. The fourth-order valence-corrected chi connectivity index (χ4v) is 6.45. The zero-order chi connectivity index (χ0) is 30.9. The van der Waals surface area contributed by atoms with Crippen molar-refractivity contribution in [3.05, 3.63) is 52.7 Å². The van der Waals surface area contributed by atoms with Gasteiger partial charge in [-0.05, 0) is 44.6 Å². The van der Waals surface area contributed by atoms with Crippen molar-refractivity contribution < 1.29 is 27.4 Å². The van der Waals surface area contributed by atoms with Gasteiger partial charge in [0.25, 0.3) is 0 Å². The number of halogens is 4. The summed E-state index contributed by atoms with van der Waals surface area (Å²) in [6.45, 7) is 7.85. The van der Waals surface area contributed by atoms with E-state index in [4.69, 9.17) is 31.0 Å². The van der Waals surface area contributed by atoms with Gasteiger partial charge in [-0.15, -0.1) is 0 Å². The molecule has 3 aliphatic rings. The van der Waals surface area contributed by atoms with E-state index in [-0.39, 0.29) is 25.1 Å². The number of likely N-dealkylation sites (N-methyl/N-ethyl adjacent to an activating group) is 1. The molecule has 13 heteroatoms. The van der Waals surface area contributed by atoms with Crippen LogP contribution in [-0.4, -0.2) is 95.8 Å². The molecule has 2 fully saturated rings. The summed E-state index contributed by atoms with van der Waals surface area (Å²) < 4.78 is 53.5. The number of benzene rings is 1. The number of anilines is 1. The summed E-state index contributed by atoms with van der Waals surface area (Å²) >= 11 is 6.53. The van der Waals surface area contributed by atoms with Crippen molar-refractivity contribution >= 4 is 23.3 Å². The van der Waals surface area contributed by atoms with Gasteiger partial charge in [0.15, 0.2) is 0 Å². The van der Waals surface area contributed by atoms with Crippen LogP contribution in [-0.2, 0) is 24.4 Å². The molecule has 4 heterocycles. The number of carbonyl (C=O) groups is 1. The van der Waals surface area contributed by atoms with Crippen LogP contribution in [0.1, 0.15) is 36.6 Å². The summed E-state index contributed by atoms with van der Waals surface area (Å²) in [6.07, 6.45) is -1.31. The van der Waals surface area contributed by atoms with E-state index in [0.29, 0.717) is 49.4 Å². The summed E-state index contributed by atoms with van der Waals surface area (Å²) in [5.41, 5.74) is 2.43. The van der Waals surface area contributed by atoms with E-state index >= 15 is 0 Å². The van der Waals surface area contributed by atoms with Gasteiger partial charge < -0.3 is 24.2 Å². The van der Waals surface area contributed by atoms with E-state index in [0.717, 1.165) is 49.2 Å². The highest BCUT2D eigenvalue weighted by molar-refractivity contribution is 6.31. The maximum absolute atomic E-state index is 14.0. The van der Waals surface area contributed by atoms with Crippen molar-refractivity contribution in [1.82, 2.24) is 24.7 Å². The van der Waals surface area contributed by atoms with Gasteiger partial charge in [0.1, 0.15) is 18.2 Å². The summed E-state index contributed by atoms with van der Waals surface area (Å²) in [5.74, 6) is -1.05. The predicted molar refractivity (Wildman–Crippen MR) is 157 cm³/mol. The Labute approximate surface area is 255 Å². The summed E-state index contributed by atoms with van der Waals surface area (Å²) in [7, 11) is 3.65. The third-order valence-corrected chi connectivity index (χ3v) is 9.18. The third kappa shape index (κ3) is 6.71. The van der Waals surface area contributed by atoms with Gasteiger partial charge in [-0.3, -0.25) is 9.69 Å². The molecule has 9 nitrogen and oxygen atoms in total. The first-order valence-electron chi connectivity index (χ1n) is 14.5. The monoisotopic (exact) mass is 622 g/mol. The largest absolute Gasteiger partial charge is 0.496 e. The molecule has 0 radical (unpaired) electrons. The molecule has 1 aromatic carbocycles. The lowest BCUT2D eigenvalue weighted by atomic mass is 9.96. The molecule has 43 heavy (non-hydrogen) atoms. The van der Waals surface area contributed by atoms with Crippen molar-refractivity contribution in [3.8, 4) is 11.8 Å². The second-order valence-corrected chi connectivity index (χ2v) is 11.9. The van der Waals surface area contributed by atoms with Crippen LogP contribution in [0.3, 0.4) is 0 Å². The third-order valence-electron chi connectivity index (χ3n) is 8.83. The molecule has 3 atom stereocenters. The van der Waals surface area contributed by atoms with Crippen LogP contribution in [0, 0.1) is 5.92 Å². The Kier molecular flexibility index (Phi) is 9.38. The van der Waals surface area contributed by atoms with E-state index in [2.05, 4.69) is 23.4 Å². The van der Waals surface area contributed by atoms with Crippen molar-refractivity contribution in [2.45, 2.75) is 57.7 Å². The van der Waals surface area contributed by atoms with Gasteiger partial charge in [0.2, 0.25) is 5.91 Å². The van der Waals surface area contributed by atoms with E-state index in [1.165, 1.54) is 4.90 Å². The van der Waals surface area contributed by atoms with Gasteiger partial charge in [-0.2, -0.15) is 23.1 Å². The Morgan fingerprint density at radius 3 is 2.70 bits per heavy atom. The second-order valence-electron chi connectivity index (χ2n) is 11.5. The van der Waals surface area contributed by atoms with Crippen LogP contribution in [0.15, 0.2) is 30.9 Å². The van der Waals surface area contributed by atoms with Crippen LogP contribution >= 0.6 is 11.6 Å². The fourth-order valence-electron chi connectivity index (χ4n) is 6.22. The molecule has 1 unspecified atom stereocenters.